The molecule has 1 atom stereocenters. The van der Waals surface area contributed by atoms with Crippen LogP contribution in [0.25, 0.3) is 0 Å². The Morgan fingerprint density at radius 3 is 2.55 bits per heavy atom. The van der Waals surface area contributed by atoms with E-state index in [-0.39, 0.29) is 6.04 Å². The Bertz CT molecular complexity index is 300. The number of rotatable bonds is 6. The van der Waals surface area contributed by atoms with Gasteiger partial charge in [-0.1, -0.05) is 13.8 Å². The number of hydrogen-bond acceptors (Lipinski definition) is 3. The molecule has 2 saturated heterocycles. The highest BCUT2D eigenvalue weighted by Crippen LogP contribution is 2.23. The fourth-order valence-corrected chi connectivity index (χ4v) is 3.58. The zero-order valence-electron chi connectivity index (χ0n) is 13.2. The molecule has 2 aliphatic rings. The second-order valence-corrected chi connectivity index (χ2v) is 6.27. The van der Waals surface area contributed by atoms with Gasteiger partial charge < -0.3 is 10.2 Å². The fourth-order valence-electron chi connectivity index (χ4n) is 3.58. The van der Waals surface area contributed by atoms with Crippen molar-refractivity contribution in [2.24, 2.45) is 5.92 Å². The quantitative estimate of drug-likeness (QED) is 0.805. The second-order valence-electron chi connectivity index (χ2n) is 6.27. The molecular weight excluding hydrogens is 250 g/mol. The Kier molecular flexibility index (Phi) is 6.30. The molecule has 0 aromatic carbocycles. The van der Waals surface area contributed by atoms with Crippen LogP contribution >= 0.6 is 0 Å². The number of likely N-dealkylation sites (tertiary alicyclic amines) is 2. The van der Waals surface area contributed by atoms with Crippen molar-refractivity contribution in [3.63, 3.8) is 0 Å². The summed E-state index contributed by atoms with van der Waals surface area (Å²) < 4.78 is 0. The van der Waals surface area contributed by atoms with Crippen LogP contribution in [0, 0.1) is 5.92 Å². The minimum Gasteiger partial charge on any atom is -0.341 e. The molecule has 2 aliphatic heterocycles. The van der Waals surface area contributed by atoms with Crippen LogP contribution in [0.5, 0.6) is 0 Å². The molecule has 0 spiro atoms. The van der Waals surface area contributed by atoms with Crippen molar-refractivity contribution in [3.05, 3.63) is 0 Å². The molecule has 0 aromatic heterocycles. The zero-order valence-corrected chi connectivity index (χ0v) is 13.2. The molecule has 20 heavy (non-hydrogen) atoms. The average molecular weight is 281 g/mol. The van der Waals surface area contributed by atoms with Gasteiger partial charge in [0.15, 0.2) is 0 Å². The van der Waals surface area contributed by atoms with Gasteiger partial charge in [-0.05, 0) is 64.2 Å². The molecular formula is C16H31N3O. The Labute approximate surface area is 123 Å². The third kappa shape index (κ3) is 3.95. The smallest absolute Gasteiger partial charge is 0.239 e. The lowest BCUT2D eigenvalue weighted by atomic mass is 9.96. The van der Waals surface area contributed by atoms with Gasteiger partial charge in [-0.3, -0.25) is 9.69 Å². The number of hydrogen-bond donors (Lipinski definition) is 1. The Hall–Kier alpha value is -0.610. The van der Waals surface area contributed by atoms with Gasteiger partial charge in [0.25, 0.3) is 0 Å². The maximum Gasteiger partial charge on any atom is 0.239 e. The molecule has 1 N–H and O–H groups in total. The van der Waals surface area contributed by atoms with Crippen LogP contribution < -0.4 is 5.32 Å². The molecule has 2 fully saturated rings. The van der Waals surface area contributed by atoms with Gasteiger partial charge in [-0.25, -0.2) is 0 Å². The van der Waals surface area contributed by atoms with Crippen LogP contribution in [-0.4, -0.2) is 61.0 Å². The molecule has 116 valence electrons. The van der Waals surface area contributed by atoms with E-state index < -0.39 is 0 Å². The minimum absolute atomic E-state index is 0.181. The summed E-state index contributed by atoms with van der Waals surface area (Å²) in [6.45, 7) is 10.6. The maximum absolute atomic E-state index is 12.7. The lowest BCUT2D eigenvalue weighted by molar-refractivity contribution is -0.137. The van der Waals surface area contributed by atoms with Crippen molar-refractivity contribution in [2.75, 3.05) is 39.3 Å². The fraction of sp³-hybridized carbons (Fsp3) is 0.938. The van der Waals surface area contributed by atoms with Crippen LogP contribution in [0.15, 0.2) is 0 Å². The van der Waals surface area contributed by atoms with Gasteiger partial charge in [0.1, 0.15) is 0 Å². The van der Waals surface area contributed by atoms with E-state index in [4.69, 9.17) is 0 Å². The van der Waals surface area contributed by atoms with Crippen molar-refractivity contribution in [1.29, 1.82) is 0 Å². The third-order valence-corrected chi connectivity index (χ3v) is 4.77. The number of carbonyl (C=O) groups excluding carboxylic acids is 1. The number of nitrogens with zero attached hydrogens (tertiary/aromatic N) is 2. The highest BCUT2D eigenvalue weighted by molar-refractivity contribution is 5.82. The van der Waals surface area contributed by atoms with Crippen LogP contribution in [0.3, 0.4) is 0 Å². The van der Waals surface area contributed by atoms with E-state index in [0.29, 0.717) is 5.91 Å². The first-order chi connectivity index (χ1) is 9.76. The zero-order chi connectivity index (χ0) is 14.4. The second kappa shape index (κ2) is 7.99. The van der Waals surface area contributed by atoms with Gasteiger partial charge in [0.2, 0.25) is 5.91 Å². The van der Waals surface area contributed by atoms with E-state index in [1.807, 2.05) is 0 Å². The van der Waals surface area contributed by atoms with Crippen LogP contribution in [0.1, 0.15) is 46.0 Å². The summed E-state index contributed by atoms with van der Waals surface area (Å²) in [5.74, 6) is 1.16. The predicted molar refractivity (Wildman–Crippen MR) is 82.7 cm³/mol. The summed E-state index contributed by atoms with van der Waals surface area (Å²) in [7, 11) is 0. The maximum atomic E-state index is 12.7. The summed E-state index contributed by atoms with van der Waals surface area (Å²) in [6.07, 6.45) is 5.73. The number of nitrogens with one attached hydrogen (secondary N) is 1. The SMILES string of the molecule is CCCN1CCCC1C(=O)N1CCC(CNCC)CC1. The van der Waals surface area contributed by atoms with E-state index in [0.717, 1.165) is 58.0 Å². The largest absolute Gasteiger partial charge is 0.341 e. The Morgan fingerprint density at radius 1 is 1.15 bits per heavy atom. The molecule has 2 heterocycles. The van der Waals surface area contributed by atoms with Gasteiger partial charge in [0.05, 0.1) is 6.04 Å². The highest BCUT2D eigenvalue weighted by Gasteiger charge is 2.34. The first-order valence-electron chi connectivity index (χ1n) is 8.49. The Morgan fingerprint density at radius 2 is 1.90 bits per heavy atom. The van der Waals surface area contributed by atoms with E-state index in [1.54, 1.807) is 0 Å². The number of piperidine rings is 1. The first kappa shape index (κ1) is 15.8. The summed E-state index contributed by atoms with van der Waals surface area (Å²) in [4.78, 5) is 17.2. The molecule has 0 aromatic rings. The summed E-state index contributed by atoms with van der Waals surface area (Å²) in [5.41, 5.74) is 0. The molecule has 0 radical (unpaired) electrons. The summed E-state index contributed by atoms with van der Waals surface area (Å²) >= 11 is 0. The van der Waals surface area contributed by atoms with E-state index in [2.05, 4.69) is 29.0 Å². The topological polar surface area (TPSA) is 35.6 Å². The van der Waals surface area contributed by atoms with E-state index >= 15 is 0 Å². The normalized spacial score (nSPS) is 25.3. The summed E-state index contributed by atoms with van der Waals surface area (Å²) in [5, 5.41) is 3.43. The molecule has 0 bridgehead atoms. The minimum atomic E-state index is 0.181. The molecule has 4 heteroatoms. The molecule has 0 saturated carbocycles. The van der Waals surface area contributed by atoms with Crippen molar-refractivity contribution in [3.8, 4) is 0 Å². The number of carbonyl (C=O) groups is 1. The van der Waals surface area contributed by atoms with Gasteiger partial charge in [0, 0.05) is 13.1 Å². The standard InChI is InChI=1S/C16H31N3O/c1-3-9-18-10-5-6-15(18)16(20)19-11-7-14(8-12-19)13-17-4-2/h14-15,17H,3-13H2,1-2H3. The predicted octanol–water partition coefficient (Wildman–Crippen LogP) is 1.71. The monoisotopic (exact) mass is 281 g/mol. The highest BCUT2D eigenvalue weighted by atomic mass is 16.2. The molecule has 0 aliphatic carbocycles. The van der Waals surface area contributed by atoms with Gasteiger partial charge in [-0.15, -0.1) is 0 Å². The molecule has 2 rings (SSSR count). The van der Waals surface area contributed by atoms with Gasteiger partial charge in [-0.2, -0.15) is 0 Å². The molecule has 1 unspecified atom stereocenters. The third-order valence-electron chi connectivity index (χ3n) is 4.77. The molecule has 1 amide bonds. The van der Waals surface area contributed by atoms with Gasteiger partial charge >= 0.3 is 0 Å². The van der Waals surface area contributed by atoms with Crippen molar-refractivity contribution < 1.29 is 4.79 Å². The number of amides is 1. The van der Waals surface area contributed by atoms with Crippen molar-refractivity contribution >= 4 is 5.91 Å². The van der Waals surface area contributed by atoms with Crippen LogP contribution in [0.4, 0.5) is 0 Å². The van der Waals surface area contributed by atoms with E-state index in [1.165, 1.54) is 19.3 Å². The first-order valence-corrected chi connectivity index (χ1v) is 8.49. The van der Waals surface area contributed by atoms with Crippen LogP contribution in [-0.2, 0) is 4.79 Å². The Balaban J connectivity index is 1.79. The van der Waals surface area contributed by atoms with Crippen molar-refractivity contribution in [2.45, 2.75) is 52.0 Å². The van der Waals surface area contributed by atoms with Crippen LogP contribution in [0.2, 0.25) is 0 Å². The lowest BCUT2D eigenvalue weighted by Gasteiger charge is -2.35. The average Bonchev–Trinajstić information content (AvgIpc) is 2.93. The summed E-state index contributed by atoms with van der Waals surface area (Å²) in [6, 6.07) is 0.181. The lowest BCUT2D eigenvalue weighted by Crippen LogP contribution is -2.49. The van der Waals surface area contributed by atoms with E-state index in [9.17, 15) is 4.79 Å². The van der Waals surface area contributed by atoms with Crippen molar-refractivity contribution in [1.82, 2.24) is 15.1 Å². The molecule has 4 nitrogen and oxygen atoms in total.